The first-order valence-corrected chi connectivity index (χ1v) is 9.72. The van der Waals surface area contributed by atoms with Gasteiger partial charge < -0.3 is 9.84 Å². The van der Waals surface area contributed by atoms with Crippen molar-refractivity contribution < 1.29 is 27.4 Å². The molecule has 6 heteroatoms. The lowest BCUT2D eigenvalue weighted by molar-refractivity contribution is 0.280. The van der Waals surface area contributed by atoms with E-state index in [1.54, 1.807) is 13.0 Å². The predicted octanol–water partition coefficient (Wildman–Crippen LogP) is 7.71. The number of benzene rings is 1. The van der Waals surface area contributed by atoms with Crippen LogP contribution in [-0.2, 0) is 11.2 Å². The highest BCUT2D eigenvalue weighted by atomic mass is 19.2. The predicted molar refractivity (Wildman–Crippen MR) is 114 cm³/mol. The maximum atomic E-state index is 14.1. The molecule has 0 spiro atoms. The molecule has 0 fully saturated rings. The third-order valence-electron chi connectivity index (χ3n) is 4.70. The lowest BCUT2D eigenvalue weighted by Crippen LogP contribution is -2.06. The Morgan fingerprint density at radius 3 is 2.17 bits per heavy atom. The van der Waals surface area contributed by atoms with Crippen molar-refractivity contribution in [2.75, 3.05) is 7.11 Å². The van der Waals surface area contributed by atoms with Gasteiger partial charge in [-0.1, -0.05) is 45.6 Å². The molecule has 0 aliphatic heterocycles. The third-order valence-corrected chi connectivity index (χ3v) is 4.70. The van der Waals surface area contributed by atoms with Gasteiger partial charge in [-0.2, -0.15) is 8.78 Å². The van der Waals surface area contributed by atoms with Crippen LogP contribution in [-0.4, -0.2) is 12.2 Å². The van der Waals surface area contributed by atoms with Crippen LogP contribution < -0.4 is 0 Å². The number of methoxy groups -OCH3 is 1. The van der Waals surface area contributed by atoms with Gasteiger partial charge in [0.15, 0.2) is 23.2 Å². The van der Waals surface area contributed by atoms with Gasteiger partial charge >= 0.3 is 0 Å². The SMILES string of the molecule is C=C(OC)/C(F)=C(/F)C(=C)C(C)CCC(C)CCc1ccc(O)c(F)c1F.C=CC. The molecule has 0 aliphatic rings. The van der Waals surface area contributed by atoms with Crippen LogP contribution in [0.25, 0.3) is 0 Å². The Hall–Kier alpha value is -2.50. The molecule has 0 aliphatic carbocycles. The number of aryl methyl sites for hydroxylation is 1. The van der Waals surface area contributed by atoms with Crippen molar-refractivity contribution in [1.82, 2.24) is 0 Å². The number of halogens is 4. The largest absolute Gasteiger partial charge is 0.505 e. The van der Waals surface area contributed by atoms with Crippen LogP contribution in [0.5, 0.6) is 5.75 Å². The van der Waals surface area contributed by atoms with Gasteiger partial charge in [-0.3, -0.25) is 0 Å². The van der Waals surface area contributed by atoms with Crippen molar-refractivity contribution in [2.24, 2.45) is 11.8 Å². The summed E-state index contributed by atoms with van der Waals surface area (Å²) in [6.07, 6.45) is 3.90. The topological polar surface area (TPSA) is 29.5 Å². The Kier molecular flexibility index (Phi) is 12.5. The molecule has 1 aromatic rings. The van der Waals surface area contributed by atoms with E-state index in [0.717, 1.165) is 6.07 Å². The Labute approximate surface area is 177 Å². The quantitative estimate of drug-likeness (QED) is 0.179. The lowest BCUT2D eigenvalue weighted by atomic mass is 9.89. The standard InChI is InChI=1S/C21H26F4O2.C3H6/c1-12(7-9-16-10-11-17(26)21(25)20(16)24)6-8-13(2)14(3)18(22)19(23)15(4)27-5;1-3-2/h10-13,26H,3-4,6-9H2,1-2,5H3;3H,1H2,2H3/b19-18-;. The van der Waals surface area contributed by atoms with E-state index in [1.807, 2.05) is 13.8 Å². The first kappa shape index (κ1) is 27.5. The molecule has 2 atom stereocenters. The van der Waals surface area contributed by atoms with Gasteiger partial charge in [0, 0.05) is 0 Å². The van der Waals surface area contributed by atoms with E-state index in [0.29, 0.717) is 25.7 Å². The fourth-order valence-corrected chi connectivity index (χ4v) is 2.60. The van der Waals surface area contributed by atoms with E-state index in [1.165, 1.54) is 13.2 Å². The minimum atomic E-state index is -1.24. The van der Waals surface area contributed by atoms with Gasteiger partial charge in [0.2, 0.25) is 5.82 Å². The third kappa shape index (κ3) is 8.47. The summed E-state index contributed by atoms with van der Waals surface area (Å²) in [5.74, 6) is -5.76. The molecule has 0 radical (unpaired) electrons. The summed E-state index contributed by atoms with van der Waals surface area (Å²) >= 11 is 0. The molecule has 30 heavy (non-hydrogen) atoms. The second kappa shape index (κ2) is 13.7. The van der Waals surface area contributed by atoms with Crippen LogP contribution in [0.15, 0.2) is 60.9 Å². The number of hydrogen-bond acceptors (Lipinski definition) is 2. The number of hydrogen-bond donors (Lipinski definition) is 1. The molecular weight excluding hydrogens is 396 g/mol. The minimum absolute atomic E-state index is 0.0320. The van der Waals surface area contributed by atoms with Crippen molar-refractivity contribution in [3.05, 3.63) is 78.1 Å². The van der Waals surface area contributed by atoms with E-state index in [9.17, 15) is 17.6 Å². The van der Waals surface area contributed by atoms with Crippen molar-refractivity contribution in [1.29, 1.82) is 0 Å². The molecule has 0 saturated heterocycles. The average molecular weight is 429 g/mol. The van der Waals surface area contributed by atoms with Gasteiger partial charge in [-0.05, 0) is 55.2 Å². The summed E-state index contributed by atoms with van der Waals surface area (Å²) < 4.78 is 59.5. The van der Waals surface area contributed by atoms with Crippen LogP contribution in [0.2, 0.25) is 0 Å². The Bertz CT molecular complexity index is 769. The van der Waals surface area contributed by atoms with Gasteiger partial charge in [0.05, 0.1) is 7.11 Å². The minimum Gasteiger partial charge on any atom is -0.505 e. The van der Waals surface area contributed by atoms with E-state index in [-0.39, 0.29) is 23.0 Å². The molecule has 0 amide bonds. The molecular formula is C24H32F4O2. The highest BCUT2D eigenvalue weighted by Gasteiger charge is 2.19. The van der Waals surface area contributed by atoms with Gasteiger partial charge in [0.25, 0.3) is 0 Å². The Morgan fingerprint density at radius 1 is 1.07 bits per heavy atom. The zero-order valence-electron chi connectivity index (χ0n) is 18.2. The van der Waals surface area contributed by atoms with Crippen LogP contribution in [0.1, 0.15) is 45.6 Å². The van der Waals surface area contributed by atoms with Crippen LogP contribution in [0.3, 0.4) is 0 Å². The molecule has 0 aromatic heterocycles. The molecule has 2 unspecified atom stereocenters. The fourth-order valence-electron chi connectivity index (χ4n) is 2.60. The molecule has 2 nitrogen and oxygen atoms in total. The maximum absolute atomic E-state index is 14.1. The summed E-state index contributed by atoms with van der Waals surface area (Å²) in [4.78, 5) is 0. The summed E-state index contributed by atoms with van der Waals surface area (Å²) in [7, 11) is 1.20. The van der Waals surface area contributed by atoms with Crippen molar-refractivity contribution in [3.8, 4) is 5.75 Å². The van der Waals surface area contributed by atoms with E-state index < -0.39 is 34.8 Å². The van der Waals surface area contributed by atoms with Crippen LogP contribution >= 0.6 is 0 Å². The van der Waals surface area contributed by atoms with Gasteiger partial charge in [-0.15, -0.1) is 6.58 Å². The molecule has 0 bridgehead atoms. The normalized spacial score (nSPS) is 13.3. The second-order valence-electron chi connectivity index (χ2n) is 7.18. The van der Waals surface area contributed by atoms with Crippen molar-refractivity contribution in [2.45, 2.75) is 46.5 Å². The van der Waals surface area contributed by atoms with E-state index in [4.69, 9.17) is 5.11 Å². The van der Waals surface area contributed by atoms with Crippen LogP contribution in [0, 0.1) is 23.5 Å². The molecule has 1 aromatic carbocycles. The number of phenolic OH excluding ortho intramolecular Hbond substituents is 1. The number of phenols is 1. The average Bonchev–Trinajstić information content (AvgIpc) is 2.73. The van der Waals surface area contributed by atoms with E-state index >= 15 is 0 Å². The zero-order chi connectivity index (χ0) is 23.4. The van der Waals surface area contributed by atoms with Gasteiger partial charge in [0.1, 0.15) is 5.76 Å². The molecule has 1 N–H and O–H groups in total. The molecule has 0 heterocycles. The van der Waals surface area contributed by atoms with Crippen molar-refractivity contribution >= 4 is 0 Å². The number of aromatic hydroxyl groups is 1. The Morgan fingerprint density at radius 2 is 1.63 bits per heavy atom. The second-order valence-corrected chi connectivity index (χ2v) is 7.18. The molecule has 1 rings (SSSR count). The summed E-state index contributed by atoms with van der Waals surface area (Å²) in [6.45, 7) is 15.8. The number of ether oxygens (including phenoxy) is 1. The lowest BCUT2D eigenvalue weighted by Gasteiger charge is -2.17. The monoisotopic (exact) mass is 428 g/mol. The van der Waals surface area contributed by atoms with Crippen molar-refractivity contribution in [3.63, 3.8) is 0 Å². The highest BCUT2D eigenvalue weighted by Crippen LogP contribution is 2.30. The zero-order valence-corrected chi connectivity index (χ0v) is 18.2. The summed E-state index contributed by atoms with van der Waals surface area (Å²) in [5, 5.41) is 9.14. The summed E-state index contributed by atoms with van der Waals surface area (Å²) in [6, 6.07) is 2.48. The number of allylic oxidation sites excluding steroid dienone is 4. The Balaban J connectivity index is 0.00000263. The highest BCUT2D eigenvalue weighted by molar-refractivity contribution is 5.33. The molecule has 0 saturated carbocycles. The molecule has 168 valence electrons. The first-order chi connectivity index (χ1) is 14.0. The number of rotatable bonds is 10. The smallest absolute Gasteiger partial charge is 0.200 e. The maximum Gasteiger partial charge on any atom is 0.200 e. The first-order valence-electron chi connectivity index (χ1n) is 9.72. The van der Waals surface area contributed by atoms with Crippen LogP contribution in [0.4, 0.5) is 17.6 Å². The fraction of sp³-hybridized carbons (Fsp3) is 0.417. The van der Waals surface area contributed by atoms with E-state index in [2.05, 4.69) is 24.5 Å². The summed E-state index contributed by atoms with van der Waals surface area (Å²) in [5.41, 5.74) is 0.230. The van der Waals surface area contributed by atoms with Gasteiger partial charge in [-0.25, -0.2) is 8.78 Å².